The number of nitrogens with one attached hydrogen (secondary N) is 1. The SMILES string of the molecule is N#Cc1cc([N+](=O)[O-])ccc1NC(=O)COC(=O)c1ccc(Cl)nc1. The Bertz CT molecular complexity index is 876. The predicted octanol–water partition coefficient (Wildman–Crippen LogP) is 2.31. The number of carbonyl (C=O) groups is 2. The largest absolute Gasteiger partial charge is 0.452 e. The van der Waals surface area contributed by atoms with Crippen LogP contribution in [0, 0.1) is 21.4 Å². The normalized spacial score (nSPS) is 9.76. The van der Waals surface area contributed by atoms with E-state index in [1.165, 1.54) is 24.4 Å². The van der Waals surface area contributed by atoms with Crippen LogP contribution in [0.2, 0.25) is 5.15 Å². The number of nitrogens with zero attached hydrogens (tertiary/aromatic N) is 3. The molecule has 0 fully saturated rings. The molecule has 0 saturated heterocycles. The Morgan fingerprint density at radius 1 is 1.36 bits per heavy atom. The van der Waals surface area contributed by atoms with Gasteiger partial charge < -0.3 is 10.1 Å². The first kappa shape index (κ1) is 17.8. The molecule has 9 nitrogen and oxygen atoms in total. The minimum absolute atomic E-state index is 0.0716. The summed E-state index contributed by atoms with van der Waals surface area (Å²) in [5, 5.41) is 22.2. The van der Waals surface area contributed by atoms with Crippen molar-refractivity contribution in [3.05, 3.63) is 62.9 Å². The van der Waals surface area contributed by atoms with E-state index < -0.39 is 23.4 Å². The number of nitriles is 1. The third-order valence-corrected chi connectivity index (χ3v) is 3.13. The molecule has 126 valence electrons. The van der Waals surface area contributed by atoms with Crippen LogP contribution in [-0.4, -0.2) is 28.4 Å². The summed E-state index contributed by atoms with van der Waals surface area (Å²) < 4.78 is 4.81. The van der Waals surface area contributed by atoms with Crippen molar-refractivity contribution in [3.8, 4) is 6.07 Å². The minimum atomic E-state index is -0.775. The zero-order valence-electron chi connectivity index (χ0n) is 12.4. The van der Waals surface area contributed by atoms with Gasteiger partial charge >= 0.3 is 5.97 Å². The Morgan fingerprint density at radius 3 is 2.72 bits per heavy atom. The lowest BCUT2D eigenvalue weighted by Gasteiger charge is -2.08. The number of ether oxygens (including phenoxy) is 1. The Morgan fingerprint density at radius 2 is 2.12 bits per heavy atom. The Balaban J connectivity index is 1.98. The van der Waals surface area contributed by atoms with Crippen molar-refractivity contribution in [2.45, 2.75) is 0 Å². The fourth-order valence-corrected chi connectivity index (χ4v) is 1.86. The topological polar surface area (TPSA) is 135 Å². The fourth-order valence-electron chi connectivity index (χ4n) is 1.74. The highest BCUT2D eigenvalue weighted by atomic mass is 35.5. The number of esters is 1. The lowest BCUT2D eigenvalue weighted by atomic mass is 10.1. The van der Waals surface area contributed by atoms with E-state index in [-0.39, 0.29) is 27.7 Å². The molecule has 1 amide bonds. The second-order valence-electron chi connectivity index (χ2n) is 4.59. The van der Waals surface area contributed by atoms with E-state index in [9.17, 15) is 19.7 Å². The van der Waals surface area contributed by atoms with Crippen LogP contribution in [0.1, 0.15) is 15.9 Å². The highest BCUT2D eigenvalue weighted by molar-refractivity contribution is 6.29. The molecule has 1 heterocycles. The Kier molecular flexibility index (Phi) is 5.60. The van der Waals surface area contributed by atoms with Gasteiger partial charge in [-0.15, -0.1) is 0 Å². The van der Waals surface area contributed by atoms with Gasteiger partial charge in [0.05, 0.1) is 21.7 Å². The number of benzene rings is 1. The zero-order valence-corrected chi connectivity index (χ0v) is 13.2. The maximum absolute atomic E-state index is 11.8. The van der Waals surface area contributed by atoms with Crippen LogP contribution in [0.3, 0.4) is 0 Å². The van der Waals surface area contributed by atoms with Crippen LogP contribution in [0.4, 0.5) is 11.4 Å². The van der Waals surface area contributed by atoms with Crippen molar-refractivity contribution in [2.24, 2.45) is 0 Å². The fraction of sp³-hybridized carbons (Fsp3) is 0.0667. The summed E-state index contributed by atoms with van der Waals surface area (Å²) in [6.07, 6.45) is 1.20. The number of rotatable bonds is 5. The molecule has 0 aliphatic heterocycles. The van der Waals surface area contributed by atoms with Crippen molar-refractivity contribution >= 4 is 34.9 Å². The molecule has 0 bridgehead atoms. The predicted molar refractivity (Wildman–Crippen MR) is 86.0 cm³/mol. The number of carbonyl (C=O) groups excluding carboxylic acids is 2. The molecule has 1 aromatic heterocycles. The molecule has 25 heavy (non-hydrogen) atoms. The molecule has 0 radical (unpaired) electrons. The Hall–Kier alpha value is -3.51. The van der Waals surface area contributed by atoms with Crippen LogP contribution in [0.15, 0.2) is 36.5 Å². The molecular weight excluding hydrogens is 352 g/mol. The number of nitro groups is 1. The van der Waals surface area contributed by atoms with Gasteiger partial charge in [-0.05, 0) is 18.2 Å². The highest BCUT2D eigenvalue weighted by Crippen LogP contribution is 2.21. The van der Waals surface area contributed by atoms with Crippen LogP contribution in [-0.2, 0) is 9.53 Å². The second kappa shape index (κ2) is 7.85. The molecule has 10 heteroatoms. The van der Waals surface area contributed by atoms with Gasteiger partial charge in [-0.2, -0.15) is 5.26 Å². The summed E-state index contributed by atoms with van der Waals surface area (Å²) >= 11 is 5.60. The standard InChI is InChI=1S/C15H9ClN4O5/c16-13-4-1-9(7-18-13)15(22)25-8-14(21)19-12-3-2-11(20(23)24)5-10(12)6-17/h1-5,7H,8H2,(H,19,21). The van der Waals surface area contributed by atoms with Crippen molar-refractivity contribution in [1.82, 2.24) is 4.98 Å². The summed E-state index contributed by atoms with van der Waals surface area (Å²) in [6, 6.07) is 7.92. The number of aromatic nitrogens is 1. The molecule has 0 aliphatic carbocycles. The van der Waals surface area contributed by atoms with E-state index in [1.807, 2.05) is 0 Å². The summed E-state index contributed by atoms with van der Waals surface area (Å²) in [5.74, 6) is -1.48. The molecule has 2 rings (SSSR count). The molecule has 2 aromatic rings. The third kappa shape index (κ3) is 4.73. The van der Waals surface area contributed by atoms with E-state index in [1.54, 1.807) is 6.07 Å². The van der Waals surface area contributed by atoms with Crippen LogP contribution >= 0.6 is 11.6 Å². The summed E-state index contributed by atoms with van der Waals surface area (Å²) in [4.78, 5) is 37.3. The van der Waals surface area contributed by atoms with Crippen LogP contribution in [0.25, 0.3) is 0 Å². The maximum atomic E-state index is 11.8. The van der Waals surface area contributed by atoms with E-state index >= 15 is 0 Å². The molecule has 1 aromatic carbocycles. The number of nitro benzene ring substituents is 1. The number of pyridine rings is 1. The number of hydrogen-bond donors (Lipinski definition) is 1. The number of non-ortho nitro benzene ring substituents is 1. The average molecular weight is 361 g/mol. The quantitative estimate of drug-likeness (QED) is 0.374. The molecular formula is C15H9ClN4O5. The second-order valence-corrected chi connectivity index (χ2v) is 4.98. The van der Waals surface area contributed by atoms with Crippen molar-refractivity contribution in [1.29, 1.82) is 5.26 Å². The number of amides is 1. The van der Waals surface area contributed by atoms with E-state index in [0.29, 0.717) is 0 Å². The van der Waals surface area contributed by atoms with E-state index in [4.69, 9.17) is 21.6 Å². The third-order valence-electron chi connectivity index (χ3n) is 2.91. The van der Waals surface area contributed by atoms with Crippen LogP contribution in [0.5, 0.6) is 0 Å². The first-order valence-corrected chi connectivity index (χ1v) is 7.05. The van der Waals surface area contributed by atoms with E-state index in [2.05, 4.69) is 10.3 Å². The lowest BCUT2D eigenvalue weighted by molar-refractivity contribution is -0.384. The number of anilines is 1. The molecule has 0 atom stereocenters. The van der Waals surface area contributed by atoms with E-state index in [0.717, 1.165) is 12.1 Å². The van der Waals surface area contributed by atoms with Gasteiger partial charge in [0.25, 0.3) is 11.6 Å². The first-order chi connectivity index (χ1) is 11.9. The van der Waals surface area contributed by atoms with Gasteiger partial charge in [-0.1, -0.05) is 11.6 Å². The van der Waals surface area contributed by atoms with Gasteiger partial charge in [0, 0.05) is 18.3 Å². The molecule has 0 spiro atoms. The molecule has 0 saturated carbocycles. The Labute approximate surface area is 146 Å². The van der Waals surface area contributed by atoms with Crippen molar-refractivity contribution in [3.63, 3.8) is 0 Å². The number of halogens is 1. The monoisotopic (exact) mass is 360 g/mol. The smallest absolute Gasteiger partial charge is 0.340 e. The van der Waals surface area contributed by atoms with Gasteiger partial charge in [0.2, 0.25) is 0 Å². The van der Waals surface area contributed by atoms with Gasteiger partial charge in [-0.3, -0.25) is 14.9 Å². The summed E-state index contributed by atoms with van der Waals surface area (Å²) in [7, 11) is 0. The maximum Gasteiger partial charge on any atom is 0.340 e. The summed E-state index contributed by atoms with van der Waals surface area (Å²) in [6.45, 7) is -0.608. The molecule has 1 N–H and O–H groups in total. The van der Waals surface area contributed by atoms with Gasteiger partial charge in [0.1, 0.15) is 11.2 Å². The van der Waals surface area contributed by atoms with Crippen molar-refractivity contribution in [2.75, 3.05) is 11.9 Å². The number of hydrogen-bond acceptors (Lipinski definition) is 7. The first-order valence-electron chi connectivity index (χ1n) is 6.68. The van der Waals surface area contributed by atoms with Gasteiger partial charge in [-0.25, -0.2) is 9.78 Å². The lowest BCUT2D eigenvalue weighted by Crippen LogP contribution is -2.21. The highest BCUT2D eigenvalue weighted by Gasteiger charge is 2.14. The molecule has 0 aliphatic rings. The van der Waals surface area contributed by atoms with Crippen LogP contribution < -0.4 is 5.32 Å². The summed E-state index contributed by atoms with van der Waals surface area (Å²) in [5.41, 5.74) is -0.181. The van der Waals surface area contributed by atoms with Crippen molar-refractivity contribution < 1.29 is 19.2 Å². The van der Waals surface area contributed by atoms with Gasteiger partial charge in [0.15, 0.2) is 6.61 Å². The average Bonchev–Trinajstić information content (AvgIpc) is 2.60. The minimum Gasteiger partial charge on any atom is -0.452 e. The molecule has 0 unspecified atom stereocenters. The zero-order chi connectivity index (χ0) is 18.4.